The van der Waals surface area contributed by atoms with Crippen LogP contribution < -0.4 is 0 Å². The zero-order chi connectivity index (χ0) is 52.0. The van der Waals surface area contributed by atoms with E-state index in [2.05, 4.69) is 98.9 Å². The quantitative estimate of drug-likeness (QED) is 0.0373. The first-order valence-electron chi connectivity index (χ1n) is 31.1. The fourth-order valence-electron chi connectivity index (χ4n) is 9.03. The van der Waals surface area contributed by atoms with E-state index in [9.17, 15) is 14.7 Å². The molecule has 0 aromatic carbocycles. The minimum atomic E-state index is -0.787. The highest BCUT2D eigenvalue weighted by molar-refractivity contribution is 5.70. The Balaban J connectivity index is 3.41. The highest BCUT2D eigenvalue weighted by Gasteiger charge is 2.16. The number of hydrogen-bond acceptors (Lipinski definition) is 5. The van der Waals surface area contributed by atoms with Crippen LogP contribution in [0.15, 0.2) is 85.1 Å². The molecule has 72 heavy (non-hydrogen) atoms. The van der Waals surface area contributed by atoms with E-state index in [0.29, 0.717) is 12.8 Å². The van der Waals surface area contributed by atoms with Crippen molar-refractivity contribution in [2.75, 3.05) is 13.2 Å². The van der Waals surface area contributed by atoms with Crippen molar-refractivity contribution < 1.29 is 24.2 Å². The largest absolute Gasteiger partial charge is 0.462 e. The lowest BCUT2D eigenvalue weighted by atomic mass is 10.0. The number of unbranched alkanes of at least 4 members (excludes halogenated alkanes) is 35. The monoisotopic (exact) mass is 1000 g/mol. The highest BCUT2D eigenvalue weighted by atomic mass is 16.6. The third kappa shape index (κ3) is 59.6. The lowest BCUT2D eigenvalue weighted by molar-refractivity contribution is -0.161. The Morgan fingerprint density at radius 2 is 0.597 bits per heavy atom. The molecule has 0 rings (SSSR count). The second-order valence-corrected chi connectivity index (χ2v) is 20.8. The van der Waals surface area contributed by atoms with Crippen LogP contribution >= 0.6 is 0 Å². The summed E-state index contributed by atoms with van der Waals surface area (Å²) in [4.78, 5) is 24.5. The van der Waals surface area contributed by atoms with Crippen LogP contribution in [0.25, 0.3) is 0 Å². The van der Waals surface area contributed by atoms with Crippen molar-refractivity contribution in [3.8, 4) is 0 Å². The molecular weight excluding hydrogens is 885 g/mol. The molecule has 0 saturated carbocycles. The smallest absolute Gasteiger partial charge is 0.306 e. The fraction of sp³-hybridized carbons (Fsp3) is 0.761. The van der Waals surface area contributed by atoms with Crippen molar-refractivity contribution in [3.63, 3.8) is 0 Å². The van der Waals surface area contributed by atoms with Crippen molar-refractivity contribution >= 4 is 11.9 Å². The molecule has 0 aromatic heterocycles. The number of rotatable bonds is 57. The molecule has 0 fully saturated rings. The van der Waals surface area contributed by atoms with Gasteiger partial charge >= 0.3 is 11.9 Å². The number of allylic oxidation sites excluding steroid dienone is 14. The summed E-state index contributed by atoms with van der Waals surface area (Å²) in [6.45, 7) is 4.01. The van der Waals surface area contributed by atoms with Crippen molar-refractivity contribution in [2.24, 2.45) is 0 Å². The van der Waals surface area contributed by atoms with E-state index in [1.807, 2.05) is 0 Å². The average molecular weight is 1000 g/mol. The Kier molecular flexibility index (Phi) is 59.8. The summed E-state index contributed by atoms with van der Waals surface area (Å²) in [6.07, 6.45) is 87.4. The van der Waals surface area contributed by atoms with Crippen molar-refractivity contribution in [2.45, 2.75) is 315 Å². The van der Waals surface area contributed by atoms with Gasteiger partial charge in [0.05, 0.1) is 6.61 Å². The van der Waals surface area contributed by atoms with Gasteiger partial charge in [0.25, 0.3) is 0 Å². The number of aliphatic hydroxyl groups is 1. The Morgan fingerprint density at radius 3 is 0.903 bits per heavy atom. The molecule has 5 heteroatoms. The van der Waals surface area contributed by atoms with Crippen LogP contribution in [-0.4, -0.2) is 36.4 Å². The van der Waals surface area contributed by atoms with Crippen LogP contribution in [0.3, 0.4) is 0 Å². The van der Waals surface area contributed by atoms with Gasteiger partial charge in [0, 0.05) is 12.8 Å². The molecule has 416 valence electrons. The molecule has 0 aromatic rings. The fourth-order valence-corrected chi connectivity index (χ4v) is 9.03. The van der Waals surface area contributed by atoms with E-state index in [-0.39, 0.29) is 25.2 Å². The number of esters is 2. The van der Waals surface area contributed by atoms with Crippen LogP contribution in [0.2, 0.25) is 0 Å². The van der Waals surface area contributed by atoms with E-state index in [0.717, 1.165) is 89.9 Å². The molecule has 0 bridgehead atoms. The zero-order valence-corrected chi connectivity index (χ0v) is 47.7. The summed E-state index contributed by atoms with van der Waals surface area (Å²) in [5, 5.41) is 9.64. The first-order valence-corrected chi connectivity index (χ1v) is 31.1. The lowest BCUT2D eigenvalue weighted by Crippen LogP contribution is -2.28. The van der Waals surface area contributed by atoms with Crippen molar-refractivity contribution in [3.05, 3.63) is 85.1 Å². The SMILES string of the molecule is CC/C=C\C/C=C\C/C=C\C/C=C\CCCCCCC(=O)OC(CO)COC(=O)CCCCCCCCCCCCCCCCCCCCCCCCCCCC/C=C\C/C=C\C/C=C\CCCCCCC. The number of carbonyl (C=O) groups excluding carboxylic acids is 2. The molecule has 1 unspecified atom stereocenters. The van der Waals surface area contributed by atoms with Gasteiger partial charge in [-0.05, 0) is 89.9 Å². The van der Waals surface area contributed by atoms with Gasteiger partial charge in [-0.1, -0.05) is 292 Å². The molecule has 0 radical (unpaired) electrons. The van der Waals surface area contributed by atoms with E-state index in [1.165, 1.54) is 193 Å². The van der Waals surface area contributed by atoms with Crippen LogP contribution in [0.5, 0.6) is 0 Å². The lowest BCUT2D eigenvalue weighted by Gasteiger charge is -2.15. The Labute approximate surface area is 447 Å². The third-order valence-electron chi connectivity index (χ3n) is 13.7. The van der Waals surface area contributed by atoms with E-state index < -0.39 is 6.10 Å². The molecule has 0 spiro atoms. The summed E-state index contributed by atoms with van der Waals surface area (Å²) < 4.78 is 10.7. The summed E-state index contributed by atoms with van der Waals surface area (Å²) in [5.74, 6) is -0.611. The summed E-state index contributed by atoms with van der Waals surface area (Å²) in [5.41, 5.74) is 0. The average Bonchev–Trinajstić information content (AvgIpc) is 3.38. The summed E-state index contributed by atoms with van der Waals surface area (Å²) >= 11 is 0. The molecular formula is C67H118O5. The first-order chi connectivity index (χ1) is 35.6. The maximum atomic E-state index is 12.3. The number of carbonyl (C=O) groups is 2. The van der Waals surface area contributed by atoms with E-state index >= 15 is 0 Å². The van der Waals surface area contributed by atoms with Gasteiger partial charge in [-0.25, -0.2) is 0 Å². The molecule has 5 nitrogen and oxygen atoms in total. The van der Waals surface area contributed by atoms with Crippen molar-refractivity contribution in [1.29, 1.82) is 0 Å². The molecule has 1 N–H and O–H groups in total. The van der Waals surface area contributed by atoms with Gasteiger partial charge in [0.15, 0.2) is 6.10 Å². The topological polar surface area (TPSA) is 72.8 Å². The predicted molar refractivity (Wildman–Crippen MR) is 316 cm³/mol. The maximum absolute atomic E-state index is 12.3. The van der Waals surface area contributed by atoms with Gasteiger partial charge in [-0.15, -0.1) is 0 Å². The summed E-state index contributed by atoms with van der Waals surface area (Å²) in [7, 11) is 0. The zero-order valence-electron chi connectivity index (χ0n) is 47.7. The third-order valence-corrected chi connectivity index (χ3v) is 13.7. The predicted octanol–water partition coefficient (Wildman–Crippen LogP) is 21.3. The number of hydrogen-bond donors (Lipinski definition) is 1. The van der Waals surface area contributed by atoms with E-state index in [1.54, 1.807) is 0 Å². The first kappa shape index (κ1) is 69.1. The standard InChI is InChI=1S/C67H118O5/c1-3-5-7-9-11-13-15-17-19-21-22-23-24-25-26-27-28-29-30-31-32-33-34-35-36-37-38-39-40-41-42-43-44-46-47-49-51-53-55-57-59-61-66(69)71-64-65(63-68)72-67(70)62-60-58-56-54-52-50-48-45-20-18-16-14-12-10-8-6-4-2/h6,8,12,14-15,17-18,20-22,24-25,48,50,65,68H,3-5,7,9-11,13,16,19,23,26-47,49,51-64H2,1-2H3/b8-6-,14-12-,17-15-,20-18-,22-21-,25-24-,50-48-. The van der Waals surface area contributed by atoms with Gasteiger partial charge < -0.3 is 14.6 Å². The van der Waals surface area contributed by atoms with Crippen LogP contribution in [-0.2, 0) is 19.1 Å². The second kappa shape index (κ2) is 62.4. The highest BCUT2D eigenvalue weighted by Crippen LogP contribution is 2.17. The normalized spacial score (nSPS) is 12.8. The minimum Gasteiger partial charge on any atom is -0.462 e. The van der Waals surface area contributed by atoms with Crippen LogP contribution in [0.4, 0.5) is 0 Å². The second-order valence-electron chi connectivity index (χ2n) is 20.8. The molecule has 0 aliphatic heterocycles. The Bertz CT molecular complexity index is 1320. The van der Waals surface area contributed by atoms with Crippen molar-refractivity contribution in [1.82, 2.24) is 0 Å². The molecule has 0 saturated heterocycles. The van der Waals surface area contributed by atoms with Gasteiger partial charge in [-0.3, -0.25) is 9.59 Å². The summed E-state index contributed by atoms with van der Waals surface area (Å²) in [6, 6.07) is 0. The number of ether oxygens (including phenoxy) is 2. The van der Waals surface area contributed by atoms with Gasteiger partial charge in [0.1, 0.15) is 6.61 Å². The van der Waals surface area contributed by atoms with Crippen LogP contribution in [0, 0.1) is 0 Å². The number of aliphatic hydroxyl groups excluding tert-OH is 1. The molecule has 1 atom stereocenters. The minimum absolute atomic E-state index is 0.0761. The maximum Gasteiger partial charge on any atom is 0.306 e. The van der Waals surface area contributed by atoms with Crippen LogP contribution in [0.1, 0.15) is 309 Å². The van der Waals surface area contributed by atoms with E-state index in [4.69, 9.17) is 9.47 Å². The molecule has 0 amide bonds. The molecule has 0 aliphatic rings. The Hall–Kier alpha value is -2.92. The molecule has 0 heterocycles. The van der Waals surface area contributed by atoms with Gasteiger partial charge in [-0.2, -0.15) is 0 Å². The molecule has 0 aliphatic carbocycles. The van der Waals surface area contributed by atoms with Gasteiger partial charge in [0.2, 0.25) is 0 Å². The Morgan fingerprint density at radius 1 is 0.333 bits per heavy atom.